The average molecular weight is 571 g/mol. The highest BCUT2D eigenvalue weighted by molar-refractivity contribution is 8.01. The van der Waals surface area contributed by atoms with Crippen molar-refractivity contribution in [1.29, 1.82) is 5.26 Å². The molecule has 9 nitrogen and oxygen atoms in total. The lowest BCUT2D eigenvalue weighted by atomic mass is 9.79. The zero-order chi connectivity index (χ0) is 28.1. The van der Waals surface area contributed by atoms with Crippen molar-refractivity contribution < 1.29 is 14.3 Å². The summed E-state index contributed by atoms with van der Waals surface area (Å²) in [5.74, 6) is 0.279. The highest BCUT2D eigenvalue weighted by Crippen LogP contribution is 2.44. The van der Waals surface area contributed by atoms with Crippen molar-refractivity contribution in [1.82, 2.24) is 10.2 Å². The maximum absolute atomic E-state index is 13.2. The molecule has 1 aromatic heterocycles. The van der Waals surface area contributed by atoms with E-state index in [9.17, 15) is 14.9 Å². The number of nitrogens with zero attached hydrogens (tertiary/aromatic N) is 4. The maximum Gasteiger partial charge on any atom is 0.234 e. The zero-order valence-electron chi connectivity index (χ0n) is 21.7. The first-order valence-corrected chi connectivity index (χ1v) is 14.4. The van der Waals surface area contributed by atoms with E-state index in [-0.39, 0.29) is 23.3 Å². The van der Waals surface area contributed by atoms with E-state index in [1.165, 1.54) is 23.1 Å². The van der Waals surface area contributed by atoms with Gasteiger partial charge in [-0.1, -0.05) is 71.6 Å². The van der Waals surface area contributed by atoms with Crippen molar-refractivity contribution in [3.8, 4) is 11.8 Å². The van der Waals surface area contributed by atoms with Crippen LogP contribution >= 0.6 is 23.1 Å². The maximum atomic E-state index is 13.2. The first-order chi connectivity index (χ1) is 19.5. The van der Waals surface area contributed by atoms with Gasteiger partial charge in [-0.2, -0.15) is 5.26 Å². The Labute approximate surface area is 240 Å². The number of methoxy groups -OCH3 is 1. The van der Waals surface area contributed by atoms with Gasteiger partial charge in [0.15, 0.2) is 10.1 Å². The van der Waals surface area contributed by atoms with E-state index in [1.54, 1.807) is 36.3 Å². The minimum atomic E-state index is -0.536. The molecule has 0 radical (unpaired) electrons. The van der Waals surface area contributed by atoms with Crippen molar-refractivity contribution in [2.45, 2.75) is 23.6 Å². The van der Waals surface area contributed by atoms with Crippen molar-refractivity contribution in [2.75, 3.05) is 23.1 Å². The number of hydrogen-bond acceptors (Lipinski definition) is 10. The standard InChI is InChI=1S/C29H26N6O3S2/c1-38-20-10-5-9-19(15-20)32-25(37)17-39-29-34-33-28(40-29)35-23-11-6-12-24(36)26(23)21(22(16-30)27(35)31)14-13-18-7-3-2-4-8-18/h2-5,7-10,13-15,21H,6,11-12,17,31H2,1H3,(H,32,37)/b14-13+. The molecule has 0 fully saturated rings. The van der Waals surface area contributed by atoms with E-state index in [0.29, 0.717) is 51.3 Å². The highest BCUT2D eigenvalue weighted by Gasteiger charge is 2.39. The van der Waals surface area contributed by atoms with Crippen LogP contribution in [0.1, 0.15) is 24.8 Å². The van der Waals surface area contributed by atoms with Gasteiger partial charge in [-0.05, 0) is 30.5 Å². The molecule has 1 aliphatic heterocycles. The van der Waals surface area contributed by atoms with E-state index in [2.05, 4.69) is 21.6 Å². The van der Waals surface area contributed by atoms with Gasteiger partial charge >= 0.3 is 0 Å². The molecular weight excluding hydrogens is 544 g/mol. The summed E-state index contributed by atoms with van der Waals surface area (Å²) in [5, 5.41) is 22.0. The monoisotopic (exact) mass is 570 g/mol. The molecule has 202 valence electrons. The third-order valence-corrected chi connectivity index (χ3v) is 8.55. The molecule has 3 N–H and O–H groups in total. The summed E-state index contributed by atoms with van der Waals surface area (Å²) in [6, 6.07) is 19.1. The van der Waals surface area contributed by atoms with Crippen molar-refractivity contribution in [3.05, 3.63) is 88.9 Å². The molecule has 1 amide bonds. The van der Waals surface area contributed by atoms with E-state index < -0.39 is 5.92 Å². The van der Waals surface area contributed by atoms with Crippen LogP contribution in [0.25, 0.3) is 6.08 Å². The molecule has 11 heteroatoms. The Morgan fingerprint density at radius 2 is 2.08 bits per heavy atom. The molecule has 2 heterocycles. The van der Waals surface area contributed by atoms with Crippen LogP contribution in [-0.4, -0.2) is 34.8 Å². The largest absolute Gasteiger partial charge is 0.497 e. The summed E-state index contributed by atoms with van der Waals surface area (Å²) in [7, 11) is 1.57. The van der Waals surface area contributed by atoms with Crippen molar-refractivity contribution in [3.63, 3.8) is 0 Å². The third kappa shape index (κ3) is 5.78. The second kappa shape index (κ2) is 12.2. The van der Waals surface area contributed by atoms with Crippen LogP contribution in [0.3, 0.4) is 0 Å². The number of nitriles is 1. The Balaban J connectivity index is 1.37. The molecule has 3 aromatic rings. The molecule has 0 saturated carbocycles. The van der Waals surface area contributed by atoms with Gasteiger partial charge in [-0.3, -0.25) is 14.5 Å². The summed E-state index contributed by atoms with van der Waals surface area (Å²) in [5.41, 5.74) is 9.80. The van der Waals surface area contributed by atoms with Gasteiger partial charge in [0, 0.05) is 35.4 Å². The Hall–Kier alpha value is -4.40. The number of ketones is 1. The van der Waals surface area contributed by atoms with Gasteiger partial charge in [0.05, 0.1) is 24.5 Å². The Bertz CT molecular complexity index is 1570. The van der Waals surface area contributed by atoms with Crippen LogP contribution in [0.4, 0.5) is 10.8 Å². The predicted octanol–water partition coefficient (Wildman–Crippen LogP) is 5.13. The number of hydrogen-bond donors (Lipinski definition) is 2. The van der Waals surface area contributed by atoms with E-state index in [0.717, 1.165) is 11.3 Å². The molecule has 40 heavy (non-hydrogen) atoms. The molecule has 2 aromatic carbocycles. The number of nitrogens with one attached hydrogen (secondary N) is 1. The normalized spacial score (nSPS) is 17.1. The SMILES string of the molecule is COc1cccc(NC(=O)CSc2nnc(N3C(N)=C(C#N)C(/C=C/c4ccccc4)C4=C3CCCC4=O)s2)c1. The summed E-state index contributed by atoms with van der Waals surface area (Å²) in [6.07, 6.45) is 5.51. The van der Waals surface area contributed by atoms with E-state index >= 15 is 0 Å². The Kier molecular flexibility index (Phi) is 8.28. The summed E-state index contributed by atoms with van der Waals surface area (Å²) in [4.78, 5) is 27.4. The average Bonchev–Trinajstić information content (AvgIpc) is 3.44. The topological polar surface area (TPSA) is 134 Å². The number of aromatic nitrogens is 2. The molecule has 1 aliphatic carbocycles. The van der Waals surface area contributed by atoms with Gasteiger partial charge in [0.2, 0.25) is 11.0 Å². The molecule has 1 atom stereocenters. The quantitative estimate of drug-likeness (QED) is 0.354. The number of benzene rings is 2. The number of nitrogens with two attached hydrogens (primary N) is 1. The zero-order valence-corrected chi connectivity index (χ0v) is 23.3. The highest BCUT2D eigenvalue weighted by atomic mass is 32.2. The third-order valence-electron chi connectivity index (χ3n) is 6.51. The minimum absolute atomic E-state index is 0.00235. The fourth-order valence-corrected chi connectivity index (χ4v) is 6.37. The van der Waals surface area contributed by atoms with Gasteiger partial charge in [0.1, 0.15) is 11.6 Å². The first kappa shape index (κ1) is 27.2. The number of ether oxygens (including phenoxy) is 1. The van der Waals surface area contributed by atoms with Crippen LogP contribution in [-0.2, 0) is 9.59 Å². The van der Waals surface area contributed by atoms with Gasteiger partial charge in [0.25, 0.3) is 0 Å². The number of carbonyl (C=O) groups is 2. The lowest BCUT2D eigenvalue weighted by Crippen LogP contribution is -2.39. The molecule has 5 rings (SSSR count). The Morgan fingerprint density at radius 3 is 2.85 bits per heavy atom. The van der Waals surface area contributed by atoms with Crippen molar-refractivity contribution >= 4 is 51.7 Å². The number of allylic oxidation sites excluding steroid dienone is 4. The fourth-order valence-electron chi connectivity index (χ4n) is 4.69. The Morgan fingerprint density at radius 1 is 1.25 bits per heavy atom. The van der Waals surface area contributed by atoms with Crippen LogP contribution in [0.2, 0.25) is 0 Å². The van der Waals surface area contributed by atoms with E-state index in [4.69, 9.17) is 10.5 Å². The number of rotatable bonds is 8. The fraction of sp³-hybridized carbons (Fsp3) is 0.207. The smallest absolute Gasteiger partial charge is 0.234 e. The second-order valence-corrected chi connectivity index (χ2v) is 11.2. The predicted molar refractivity (Wildman–Crippen MR) is 156 cm³/mol. The molecule has 0 spiro atoms. The lowest BCUT2D eigenvalue weighted by molar-refractivity contribution is -0.116. The number of amides is 1. The van der Waals surface area contributed by atoms with Crippen LogP contribution < -0.4 is 20.7 Å². The number of carbonyl (C=O) groups excluding carboxylic acids is 2. The number of thioether (sulfide) groups is 1. The molecule has 2 aliphatic rings. The molecule has 0 bridgehead atoms. The summed E-state index contributed by atoms with van der Waals surface area (Å²) in [6.45, 7) is 0. The van der Waals surface area contributed by atoms with Gasteiger partial charge in [-0.15, -0.1) is 10.2 Å². The minimum Gasteiger partial charge on any atom is -0.497 e. The molecular formula is C29H26N6O3S2. The van der Waals surface area contributed by atoms with Crippen LogP contribution in [0.15, 0.2) is 87.7 Å². The summed E-state index contributed by atoms with van der Waals surface area (Å²) < 4.78 is 5.76. The number of anilines is 2. The summed E-state index contributed by atoms with van der Waals surface area (Å²) >= 11 is 2.50. The molecule has 1 unspecified atom stereocenters. The van der Waals surface area contributed by atoms with Gasteiger partial charge < -0.3 is 15.8 Å². The van der Waals surface area contributed by atoms with E-state index in [1.807, 2.05) is 42.5 Å². The number of Topliss-reactive ketones (excluding diaryl/α,β-unsaturated/α-hetero) is 1. The second-order valence-electron chi connectivity index (χ2n) is 9.05. The van der Waals surface area contributed by atoms with Crippen molar-refractivity contribution in [2.24, 2.45) is 11.7 Å². The molecule has 0 saturated heterocycles. The van der Waals surface area contributed by atoms with Gasteiger partial charge in [-0.25, -0.2) is 0 Å². The lowest BCUT2D eigenvalue weighted by Gasteiger charge is -2.37. The first-order valence-electron chi connectivity index (χ1n) is 12.6. The van der Waals surface area contributed by atoms with Crippen LogP contribution in [0.5, 0.6) is 5.75 Å². The van der Waals surface area contributed by atoms with Crippen LogP contribution in [0, 0.1) is 17.2 Å².